The van der Waals surface area contributed by atoms with Crippen molar-refractivity contribution in [2.24, 2.45) is 0 Å². The number of phosphoric ester groups is 2. The molecule has 0 aliphatic heterocycles. The van der Waals surface area contributed by atoms with Crippen molar-refractivity contribution >= 4 is 40.5 Å². The van der Waals surface area contributed by atoms with Crippen LogP contribution in [0.4, 0.5) is 0 Å². The highest BCUT2D eigenvalue weighted by atomic mass is 31.2. The third-order valence-electron chi connectivity index (χ3n) is 17.0. The average Bonchev–Trinajstić information content (AvgIpc) is 1.03. The highest BCUT2D eigenvalue weighted by Gasteiger charge is 2.29. The van der Waals surface area contributed by atoms with E-state index in [9.17, 15) is 43.2 Å². The lowest BCUT2D eigenvalue weighted by molar-refractivity contribution is -0.149. The van der Waals surface area contributed by atoms with Gasteiger partial charge in [0.25, 0.3) is 0 Å². The van der Waals surface area contributed by atoms with Gasteiger partial charge in [0, 0.05) is 45.5 Å². The Bertz CT molecular complexity index is 2000. The number of ether oxygens (including phenoxy) is 4. The second kappa shape index (κ2) is 76.9. The molecule has 0 aromatic carbocycles. The van der Waals surface area contributed by atoms with E-state index < -0.39 is 53.8 Å². The molecule has 0 radical (unpaired) electrons. The predicted octanol–water partition coefficient (Wildman–Crippen LogP) is 21.6. The molecule has 0 saturated heterocycles. The number of carbonyl (C=O) groups excluding carboxylic acids is 4. The highest BCUT2D eigenvalue weighted by molar-refractivity contribution is 7.47. The molecule has 0 aliphatic rings. The molecule has 0 aromatic rings. The third kappa shape index (κ3) is 75.9. The van der Waals surface area contributed by atoms with Crippen molar-refractivity contribution in [2.45, 2.75) is 359 Å². The van der Waals surface area contributed by atoms with E-state index in [1.165, 1.54) is 89.9 Å². The summed E-state index contributed by atoms with van der Waals surface area (Å²) in [6, 6.07) is 0. The van der Waals surface area contributed by atoms with Crippen LogP contribution in [0, 0.1) is 0 Å². The Morgan fingerprint density at radius 2 is 0.602 bits per heavy atom. The maximum absolute atomic E-state index is 13.1. The fourth-order valence-electron chi connectivity index (χ4n) is 10.9. The summed E-state index contributed by atoms with van der Waals surface area (Å²) in [5, 5.41) is 10.6. The summed E-state index contributed by atoms with van der Waals surface area (Å²) in [5.41, 5.74) is 0. The Hall–Kier alpha value is -2.76. The summed E-state index contributed by atoms with van der Waals surface area (Å²) in [6.45, 7) is 1.20. The molecule has 17 nitrogen and oxygen atoms in total. The molecule has 0 heterocycles. The zero-order valence-corrected chi connectivity index (χ0v) is 63.6. The van der Waals surface area contributed by atoms with Crippen LogP contribution in [0.3, 0.4) is 0 Å². The zero-order valence-electron chi connectivity index (χ0n) is 61.8. The molecular formula is C79H144O17P2. The maximum Gasteiger partial charge on any atom is 0.472 e. The maximum atomic E-state index is 13.1. The SMILES string of the molecule is CCCCC/C=C\C/C=C\CCCCCCCC(=O)OC[C@H](COP(=O)(O)OC[C@@H](O)COP(=O)(O)OC[C@@H](COCCCCCCCCC/C=C\CCCCCCC=O)OCCCCCCCCC/C=C\CCCCCCC=O)OCCCCCCC/C=C\CCCCCCC=O. The van der Waals surface area contributed by atoms with Crippen LogP contribution in [0.2, 0.25) is 0 Å². The van der Waals surface area contributed by atoms with E-state index in [1.54, 1.807) is 0 Å². The molecule has 2 unspecified atom stereocenters. The number of rotatable bonds is 81. The second-order valence-corrected chi connectivity index (χ2v) is 29.4. The molecule has 5 atom stereocenters. The summed E-state index contributed by atoms with van der Waals surface area (Å²) >= 11 is 0. The third-order valence-corrected chi connectivity index (χ3v) is 18.9. The molecule has 0 amide bonds. The van der Waals surface area contributed by atoms with Crippen molar-refractivity contribution in [3.8, 4) is 0 Å². The largest absolute Gasteiger partial charge is 0.472 e. The smallest absolute Gasteiger partial charge is 0.463 e. The number of aliphatic hydroxyl groups excluding tert-OH is 1. The number of unbranched alkanes of at least 4 members (excludes halogenated alkanes) is 42. The van der Waals surface area contributed by atoms with Gasteiger partial charge in [-0.2, -0.15) is 0 Å². The predicted molar refractivity (Wildman–Crippen MR) is 400 cm³/mol. The van der Waals surface area contributed by atoms with Crippen molar-refractivity contribution in [2.75, 3.05) is 59.5 Å². The lowest BCUT2D eigenvalue weighted by Gasteiger charge is -2.21. The Labute approximate surface area is 597 Å². The van der Waals surface area contributed by atoms with Crippen molar-refractivity contribution < 1.29 is 80.2 Å². The van der Waals surface area contributed by atoms with Gasteiger partial charge in [0.2, 0.25) is 0 Å². The molecule has 19 heteroatoms. The van der Waals surface area contributed by atoms with Gasteiger partial charge in [0.1, 0.15) is 43.8 Å². The number of hydrogen-bond acceptors (Lipinski definition) is 15. The molecule has 0 spiro atoms. The number of esters is 1. The van der Waals surface area contributed by atoms with Gasteiger partial charge in [-0.05, 0) is 154 Å². The van der Waals surface area contributed by atoms with Gasteiger partial charge in [-0.3, -0.25) is 22.9 Å². The van der Waals surface area contributed by atoms with E-state index in [-0.39, 0.29) is 32.2 Å². The van der Waals surface area contributed by atoms with E-state index in [4.69, 9.17) is 37.0 Å². The number of phosphoric acid groups is 2. The quantitative estimate of drug-likeness (QED) is 0.0169. The van der Waals surface area contributed by atoms with Crippen molar-refractivity contribution in [1.29, 1.82) is 0 Å². The number of aliphatic hydroxyl groups is 1. The lowest BCUT2D eigenvalue weighted by Crippen LogP contribution is -2.28. The van der Waals surface area contributed by atoms with Crippen molar-refractivity contribution in [1.82, 2.24) is 0 Å². The highest BCUT2D eigenvalue weighted by Crippen LogP contribution is 2.45. The lowest BCUT2D eigenvalue weighted by atomic mass is 10.1. The molecule has 0 saturated carbocycles. The zero-order chi connectivity index (χ0) is 71.3. The van der Waals surface area contributed by atoms with E-state index in [1.807, 2.05) is 0 Å². The fraction of sp³-hybridized carbons (Fsp3) is 0.823. The summed E-state index contributed by atoms with van der Waals surface area (Å²) in [7, 11) is -9.53. The number of carbonyl (C=O) groups is 4. The fourth-order valence-corrected chi connectivity index (χ4v) is 12.5. The first kappa shape index (κ1) is 95.2. The van der Waals surface area contributed by atoms with Gasteiger partial charge < -0.3 is 48.2 Å². The van der Waals surface area contributed by atoms with Crippen LogP contribution in [-0.2, 0) is 65.4 Å². The molecule has 3 N–H and O–H groups in total. The van der Waals surface area contributed by atoms with E-state index in [0.717, 1.165) is 231 Å². The molecule has 0 aromatic heterocycles. The Kier molecular flexibility index (Phi) is 74.7. The van der Waals surface area contributed by atoms with Gasteiger partial charge >= 0.3 is 21.6 Å². The van der Waals surface area contributed by atoms with Crippen LogP contribution in [0.5, 0.6) is 0 Å². The normalized spacial score (nSPS) is 14.3. The Balaban J connectivity index is 5.13. The molecule has 0 rings (SSSR count). The molecule has 0 bridgehead atoms. The molecule has 0 fully saturated rings. The van der Waals surface area contributed by atoms with E-state index >= 15 is 0 Å². The minimum Gasteiger partial charge on any atom is -0.463 e. The topological polar surface area (TPSA) is 237 Å². The van der Waals surface area contributed by atoms with Crippen molar-refractivity contribution in [3.05, 3.63) is 60.8 Å². The number of hydrogen-bond donors (Lipinski definition) is 3. The number of aldehydes is 3. The van der Waals surface area contributed by atoms with Crippen LogP contribution in [0.25, 0.3) is 0 Å². The monoisotopic (exact) mass is 1430 g/mol. The first-order chi connectivity index (χ1) is 48.0. The summed E-state index contributed by atoms with van der Waals surface area (Å²) < 4.78 is 70.7. The standard InChI is InChI=1S/C79H144O17P2/c1-2-3-4-5-6-7-8-9-14-21-28-35-42-49-56-63-79(84)92-73-78(91-69-62-55-48-41-34-27-20-17-24-31-38-45-52-59-66-82)75-96-98(87,88)94-71-76(83)70-93-97(85,86)95-74-77(90-68-61-54-47-40-33-26-19-13-11-16-23-30-37-44-51-58-65-81)72-89-67-60-53-46-39-32-25-18-12-10-15-22-29-36-43-50-57-64-80/h6-7,9-11,14-17,20,64-66,76-78,83H,2-5,8,12-13,18-19,21-63,67-75H2,1H3,(H,85,86)(H,87,88)/b7-6-,14-9-,15-10-,16-11-,20-17-/t76-,77+,78+/m0/s1. The minimum absolute atomic E-state index is 0.156. The van der Waals surface area contributed by atoms with Crippen LogP contribution in [-0.4, -0.2) is 117 Å². The summed E-state index contributed by atoms with van der Waals surface area (Å²) in [4.78, 5) is 65.5. The first-order valence-corrected chi connectivity index (χ1v) is 42.4. The molecular weight excluding hydrogens is 1280 g/mol. The van der Waals surface area contributed by atoms with Gasteiger partial charge in [-0.25, -0.2) is 9.13 Å². The summed E-state index contributed by atoms with van der Waals surface area (Å²) in [6.07, 6.45) is 76.7. The Morgan fingerprint density at radius 1 is 0.327 bits per heavy atom. The Morgan fingerprint density at radius 3 is 0.949 bits per heavy atom. The van der Waals surface area contributed by atoms with Crippen LogP contribution >= 0.6 is 15.6 Å². The van der Waals surface area contributed by atoms with Crippen molar-refractivity contribution in [3.63, 3.8) is 0 Å². The van der Waals surface area contributed by atoms with Crippen LogP contribution < -0.4 is 0 Å². The van der Waals surface area contributed by atoms with Gasteiger partial charge in [0.15, 0.2) is 0 Å². The van der Waals surface area contributed by atoms with Crippen LogP contribution in [0.1, 0.15) is 341 Å². The minimum atomic E-state index is -4.80. The number of allylic oxidation sites excluding steroid dienone is 10. The average molecular weight is 1430 g/mol. The van der Waals surface area contributed by atoms with Crippen LogP contribution in [0.15, 0.2) is 60.8 Å². The van der Waals surface area contributed by atoms with Gasteiger partial charge in [-0.15, -0.1) is 0 Å². The van der Waals surface area contributed by atoms with Gasteiger partial charge in [-0.1, -0.05) is 222 Å². The van der Waals surface area contributed by atoms with E-state index in [0.29, 0.717) is 45.5 Å². The second-order valence-electron chi connectivity index (χ2n) is 26.5. The van der Waals surface area contributed by atoms with E-state index in [2.05, 4.69) is 67.7 Å². The molecule has 98 heavy (non-hydrogen) atoms. The van der Waals surface area contributed by atoms with Gasteiger partial charge in [0.05, 0.1) is 33.0 Å². The summed E-state index contributed by atoms with van der Waals surface area (Å²) in [5.74, 6) is -0.388. The first-order valence-electron chi connectivity index (χ1n) is 39.4. The molecule has 572 valence electrons. The molecule has 0 aliphatic carbocycles.